The van der Waals surface area contributed by atoms with Crippen LogP contribution >= 0.6 is 0 Å². The van der Waals surface area contributed by atoms with Gasteiger partial charge in [-0.2, -0.15) is 0 Å². The van der Waals surface area contributed by atoms with Crippen LogP contribution in [-0.2, 0) is 16.1 Å². The maximum absolute atomic E-state index is 11.2. The summed E-state index contributed by atoms with van der Waals surface area (Å²) in [6.07, 6.45) is 0. The number of hydrogen-bond acceptors (Lipinski definition) is 5. The average molecular weight is 282 g/mol. The molecule has 20 heavy (non-hydrogen) atoms. The fourth-order valence-corrected chi connectivity index (χ4v) is 1.57. The van der Waals surface area contributed by atoms with Crippen molar-refractivity contribution in [1.82, 2.24) is 10.6 Å². The molecule has 0 unspecified atom stereocenters. The number of amides is 1. The lowest BCUT2D eigenvalue weighted by Crippen LogP contribution is -2.25. The molecule has 0 aliphatic carbocycles. The number of benzene rings is 1. The minimum Gasteiger partial charge on any atom is -0.497 e. The first-order chi connectivity index (χ1) is 9.71. The first kappa shape index (κ1) is 16.3. The zero-order valence-corrected chi connectivity index (χ0v) is 12.2. The Labute approximate surface area is 119 Å². The number of methoxy groups -OCH3 is 2. The fraction of sp³-hybridized carbons (Fsp3) is 0.500. The second-order valence-electron chi connectivity index (χ2n) is 4.11. The van der Waals surface area contributed by atoms with E-state index in [4.69, 9.17) is 14.2 Å². The second kappa shape index (κ2) is 9.17. The summed E-state index contributed by atoms with van der Waals surface area (Å²) in [6, 6.07) is 5.49. The Morgan fingerprint density at radius 1 is 1.30 bits per heavy atom. The van der Waals surface area contributed by atoms with Gasteiger partial charge in [0.1, 0.15) is 11.5 Å². The highest BCUT2D eigenvalue weighted by molar-refractivity contribution is 5.77. The van der Waals surface area contributed by atoms with Crippen LogP contribution in [-0.4, -0.2) is 46.9 Å². The molecule has 1 aromatic rings. The van der Waals surface area contributed by atoms with E-state index >= 15 is 0 Å². The van der Waals surface area contributed by atoms with Crippen LogP contribution in [0, 0.1) is 0 Å². The lowest BCUT2D eigenvalue weighted by molar-refractivity contribution is -0.122. The maximum atomic E-state index is 11.2. The van der Waals surface area contributed by atoms with Crippen LogP contribution in [0.25, 0.3) is 0 Å². The zero-order valence-electron chi connectivity index (χ0n) is 12.2. The van der Waals surface area contributed by atoms with Crippen molar-refractivity contribution in [3.63, 3.8) is 0 Å². The van der Waals surface area contributed by atoms with Crippen molar-refractivity contribution in [3.05, 3.63) is 23.8 Å². The number of nitrogens with one attached hydrogen (secondary N) is 2. The molecule has 0 heterocycles. The molecule has 6 heteroatoms. The quantitative estimate of drug-likeness (QED) is 0.648. The minimum absolute atomic E-state index is 0.00605. The van der Waals surface area contributed by atoms with Gasteiger partial charge < -0.3 is 24.8 Å². The molecule has 0 aromatic heterocycles. The summed E-state index contributed by atoms with van der Waals surface area (Å²) in [5.74, 6) is 1.25. The molecule has 0 fully saturated rings. The Hall–Kier alpha value is -1.79. The van der Waals surface area contributed by atoms with Crippen LogP contribution in [0.2, 0.25) is 0 Å². The standard InChI is InChI=1S/C14H22N2O4/c1-15-14(17)10-20-13-5-4-12(19-3)8-11(13)9-16-6-7-18-2/h4-5,8,16H,6-7,9-10H2,1-3H3,(H,15,17). The molecule has 0 bridgehead atoms. The number of carbonyl (C=O) groups excluding carboxylic acids is 1. The molecule has 1 rings (SSSR count). The van der Waals surface area contributed by atoms with Crippen LogP contribution in [0.3, 0.4) is 0 Å². The molecular formula is C14H22N2O4. The average Bonchev–Trinajstić information content (AvgIpc) is 2.49. The molecule has 0 saturated heterocycles. The van der Waals surface area contributed by atoms with Crippen LogP contribution in [0.15, 0.2) is 18.2 Å². The van der Waals surface area contributed by atoms with Gasteiger partial charge in [0.15, 0.2) is 6.61 Å². The smallest absolute Gasteiger partial charge is 0.257 e. The van der Waals surface area contributed by atoms with Crippen molar-refractivity contribution < 1.29 is 19.0 Å². The van der Waals surface area contributed by atoms with Gasteiger partial charge in [-0.15, -0.1) is 0 Å². The molecule has 0 spiro atoms. The number of ether oxygens (including phenoxy) is 3. The van der Waals surface area contributed by atoms with Crippen molar-refractivity contribution in [1.29, 1.82) is 0 Å². The molecular weight excluding hydrogens is 260 g/mol. The molecule has 0 saturated carbocycles. The SMILES string of the molecule is CNC(=O)COc1ccc(OC)cc1CNCCOC. The molecule has 0 atom stereocenters. The predicted molar refractivity (Wildman–Crippen MR) is 76.1 cm³/mol. The van der Waals surface area contributed by atoms with E-state index < -0.39 is 0 Å². The van der Waals surface area contributed by atoms with E-state index in [2.05, 4.69) is 10.6 Å². The van der Waals surface area contributed by atoms with E-state index in [0.29, 0.717) is 18.9 Å². The molecule has 0 aliphatic rings. The first-order valence-electron chi connectivity index (χ1n) is 6.41. The number of rotatable bonds is 9. The van der Waals surface area contributed by atoms with E-state index in [1.54, 1.807) is 33.4 Å². The Bertz CT molecular complexity index is 424. The van der Waals surface area contributed by atoms with Gasteiger partial charge in [-0.3, -0.25) is 4.79 Å². The van der Waals surface area contributed by atoms with Gasteiger partial charge in [-0.25, -0.2) is 0 Å². The van der Waals surface area contributed by atoms with E-state index in [0.717, 1.165) is 17.9 Å². The Morgan fingerprint density at radius 3 is 2.75 bits per heavy atom. The third-order valence-corrected chi connectivity index (χ3v) is 2.70. The van der Waals surface area contributed by atoms with Gasteiger partial charge in [0.2, 0.25) is 0 Å². The number of hydrogen-bond donors (Lipinski definition) is 2. The summed E-state index contributed by atoms with van der Waals surface area (Å²) < 4.78 is 15.7. The van der Waals surface area contributed by atoms with Gasteiger partial charge in [0, 0.05) is 32.8 Å². The Morgan fingerprint density at radius 2 is 2.10 bits per heavy atom. The van der Waals surface area contributed by atoms with Crippen molar-refractivity contribution in [2.24, 2.45) is 0 Å². The molecule has 0 aliphatic heterocycles. The first-order valence-corrected chi connectivity index (χ1v) is 6.41. The highest BCUT2D eigenvalue weighted by atomic mass is 16.5. The molecule has 0 radical (unpaired) electrons. The number of likely N-dealkylation sites (N-methyl/N-ethyl adjacent to an activating group) is 1. The molecule has 6 nitrogen and oxygen atoms in total. The maximum Gasteiger partial charge on any atom is 0.257 e. The lowest BCUT2D eigenvalue weighted by atomic mass is 10.2. The van der Waals surface area contributed by atoms with E-state index in [1.165, 1.54) is 0 Å². The Kier molecular flexibility index (Phi) is 7.46. The normalized spacial score (nSPS) is 10.2. The molecule has 112 valence electrons. The minimum atomic E-state index is -0.167. The van der Waals surface area contributed by atoms with E-state index in [-0.39, 0.29) is 12.5 Å². The summed E-state index contributed by atoms with van der Waals surface area (Å²) in [7, 11) is 4.85. The van der Waals surface area contributed by atoms with Gasteiger partial charge in [0.05, 0.1) is 13.7 Å². The van der Waals surface area contributed by atoms with Crippen LogP contribution in [0.1, 0.15) is 5.56 Å². The van der Waals surface area contributed by atoms with Crippen molar-refractivity contribution in [3.8, 4) is 11.5 Å². The zero-order chi connectivity index (χ0) is 14.8. The second-order valence-corrected chi connectivity index (χ2v) is 4.11. The van der Waals surface area contributed by atoms with Crippen molar-refractivity contribution in [2.45, 2.75) is 6.54 Å². The van der Waals surface area contributed by atoms with Gasteiger partial charge in [-0.1, -0.05) is 0 Å². The number of carbonyl (C=O) groups is 1. The summed E-state index contributed by atoms with van der Waals surface area (Å²) in [5.41, 5.74) is 0.935. The molecule has 2 N–H and O–H groups in total. The third kappa shape index (κ3) is 5.46. The monoisotopic (exact) mass is 282 g/mol. The molecule has 1 aromatic carbocycles. The fourth-order valence-electron chi connectivity index (χ4n) is 1.57. The van der Waals surface area contributed by atoms with Gasteiger partial charge in [0.25, 0.3) is 5.91 Å². The van der Waals surface area contributed by atoms with Crippen LogP contribution in [0.5, 0.6) is 11.5 Å². The largest absolute Gasteiger partial charge is 0.497 e. The highest BCUT2D eigenvalue weighted by Gasteiger charge is 2.07. The molecule has 1 amide bonds. The van der Waals surface area contributed by atoms with Gasteiger partial charge in [-0.05, 0) is 18.2 Å². The van der Waals surface area contributed by atoms with Gasteiger partial charge >= 0.3 is 0 Å². The lowest BCUT2D eigenvalue weighted by Gasteiger charge is -2.13. The summed E-state index contributed by atoms with van der Waals surface area (Å²) >= 11 is 0. The predicted octanol–water partition coefficient (Wildman–Crippen LogP) is 0.556. The summed E-state index contributed by atoms with van der Waals surface area (Å²) in [4.78, 5) is 11.2. The van der Waals surface area contributed by atoms with E-state index in [1.807, 2.05) is 6.07 Å². The van der Waals surface area contributed by atoms with E-state index in [9.17, 15) is 4.79 Å². The van der Waals surface area contributed by atoms with Crippen LogP contribution < -0.4 is 20.1 Å². The summed E-state index contributed by atoms with van der Waals surface area (Å²) in [6.45, 7) is 1.98. The van der Waals surface area contributed by atoms with Crippen molar-refractivity contribution in [2.75, 3.05) is 41.0 Å². The van der Waals surface area contributed by atoms with Crippen LogP contribution in [0.4, 0.5) is 0 Å². The highest BCUT2D eigenvalue weighted by Crippen LogP contribution is 2.24. The third-order valence-electron chi connectivity index (χ3n) is 2.70. The Balaban J connectivity index is 2.67. The topological polar surface area (TPSA) is 68.8 Å². The summed E-state index contributed by atoms with van der Waals surface area (Å²) in [5, 5.41) is 5.75. The van der Waals surface area contributed by atoms with Crippen molar-refractivity contribution >= 4 is 5.91 Å².